The van der Waals surface area contributed by atoms with Gasteiger partial charge in [0.15, 0.2) is 0 Å². The van der Waals surface area contributed by atoms with Crippen molar-refractivity contribution in [3.8, 4) is 0 Å². The number of rotatable bonds is 4. The SMILES string of the molecule is Cc1cc(N(C=O)c2cc(F)c(Br)cc2F)nc(N2CCC(F)(F)CC2)n1. The molecule has 1 saturated heterocycles. The fourth-order valence-corrected chi connectivity index (χ4v) is 3.08. The summed E-state index contributed by atoms with van der Waals surface area (Å²) in [5, 5.41) is 0. The zero-order valence-electron chi connectivity index (χ0n) is 14.2. The minimum Gasteiger partial charge on any atom is -0.340 e. The average molecular weight is 447 g/mol. The van der Waals surface area contributed by atoms with Gasteiger partial charge in [-0.3, -0.25) is 9.69 Å². The first-order valence-electron chi connectivity index (χ1n) is 8.08. The number of hydrogen-bond acceptors (Lipinski definition) is 4. The van der Waals surface area contributed by atoms with E-state index in [0.717, 1.165) is 17.0 Å². The monoisotopic (exact) mass is 446 g/mol. The Hall–Kier alpha value is -2.23. The number of piperidine rings is 1. The molecule has 10 heteroatoms. The summed E-state index contributed by atoms with van der Waals surface area (Å²) in [5.41, 5.74) is 0.136. The number of hydrogen-bond donors (Lipinski definition) is 0. The second-order valence-electron chi connectivity index (χ2n) is 6.20. The van der Waals surface area contributed by atoms with Crippen LogP contribution in [0.25, 0.3) is 0 Å². The Morgan fingerprint density at radius 1 is 1.15 bits per heavy atom. The molecule has 0 aliphatic carbocycles. The van der Waals surface area contributed by atoms with Crippen molar-refractivity contribution in [2.45, 2.75) is 25.7 Å². The highest BCUT2D eigenvalue weighted by molar-refractivity contribution is 9.10. The average Bonchev–Trinajstić information content (AvgIpc) is 2.59. The smallest absolute Gasteiger partial charge is 0.251 e. The maximum Gasteiger partial charge on any atom is 0.251 e. The lowest BCUT2D eigenvalue weighted by molar-refractivity contribution is -0.106. The minimum atomic E-state index is -2.73. The Morgan fingerprint density at radius 2 is 1.81 bits per heavy atom. The van der Waals surface area contributed by atoms with Crippen LogP contribution in [-0.2, 0) is 4.79 Å². The van der Waals surface area contributed by atoms with Crippen LogP contribution in [0.15, 0.2) is 22.7 Å². The number of nitrogens with zero attached hydrogens (tertiary/aromatic N) is 4. The Kier molecular flexibility index (Phi) is 5.36. The maximum absolute atomic E-state index is 14.3. The van der Waals surface area contributed by atoms with Gasteiger partial charge in [-0.1, -0.05) is 0 Å². The number of carbonyl (C=O) groups excluding carboxylic acids is 1. The lowest BCUT2D eigenvalue weighted by Crippen LogP contribution is -2.40. The van der Waals surface area contributed by atoms with Crippen molar-refractivity contribution in [2.75, 3.05) is 22.9 Å². The number of anilines is 3. The van der Waals surface area contributed by atoms with Crippen molar-refractivity contribution in [1.82, 2.24) is 9.97 Å². The van der Waals surface area contributed by atoms with E-state index in [1.54, 1.807) is 11.8 Å². The molecule has 3 rings (SSSR count). The quantitative estimate of drug-likeness (QED) is 0.397. The standard InChI is InChI=1S/C17H15BrF4N4O/c1-10-6-15(24-16(23-10)25-4-2-17(21,22)3-5-25)26(9-27)14-8-12(19)11(18)7-13(14)20/h6-9H,2-5H2,1H3. The summed E-state index contributed by atoms with van der Waals surface area (Å²) >= 11 is 2.88. The van der Waals surface area contributed by atoms with Crippen LogP contribution in [0.5, 0.6) is 0 Å². The highest BCUT2D eigenvalue weighted by Gasteiger charge is 2.35. The maximum atomic E-state index is 14.3. The predicted octanol–water partition coefficient (Wildman–Crippen LogP) is 4.36. The first-order chi connectivity index (χ1) is 12.7. The van der Waals surface area contributed by atoms with Gasteiger partial charge in [0.25, 0.3) is 5.92 Å². The second kappa shape index (κ2) is 7.41. The number of aryl methyl sites for hydroxylation is 1. The summed E-state index contributed by atoms with van der Waals surface area (Å²) in [7, 11) is 0. The van der Waals surface area contributed by atoms with Crippen molar-refractivity contribution < 1.29 is 22.4 Å². The molecule has 144 valence electrons. The molecule has 27 heavy (non-hydrogen) atoms. The van der Waals surface area contributed by atoms with Crippen molar-refractivity contribution in [2.24, 2.45) is 0 Å². The van der Waals surface area contributed by atoms with Crippen molar-refractivity contribution in [1.29, 1.82) is 0 Å². The van der Waals surface area contributed by atoms with Crippen LogP contribution in [0.1, 0.15) is 18.5 Å². The van der Waals surface area contributed by atoms with Gasteiger partial charge < -0.3 is 4.90 Å². The molecular weight excluding hydrogens is 432 g/mol. The fourth-order valence-electron chi connectivity index (χ4n) is 2.77. The molecule has 1 amide bonds. The van der Waals surface area contributed by atoms with E-state index < -0.39 is 17.6 Å². The van der Waals surface area contributed by atoms with Gasteiger partial charge in [0.05, 0.1) is 10.2 Å². The van der Waals surface area contributed by atoms with Crippen LogP contribution >= 0.6 is 15.9 Å². The summed E-state index contributed by atoms with van der Waals surface area (Å²) < 4.78 is 54.7. The summed E-state index contributed by atoms with van der Waals surface area (Å²) in [6.07, 6.45) is -0.352. The summed E-state index contributed by atoms with van der Waals surface area (Å²) in [4.78, 5) is 22.4. The van der Waals surface area contributed by atoms with Gasteiger partial charge in [-0.05, 0) is 28.9 Å². The van der Waals surface area contributed by atoms with Gasteiger partial charge in [-0.25, -0.2) is 22.5 Å². The molecule has 0 bridgehead atoms. The number of amides is 1. The largest absolute Gasteiger partial charge is 0.340 e. The summed E-state index contributed by atoms with van der Waals surface area (Å²) in [6.45, 7) is 1.74. The van der Waals surface area contributed by atoms with Crippen LogP contribution in [0.2, 0.25) is 0 Å². The van der Waals surface area contributed by atoms with Gasteiger partial charge in [-0.2, -0.15) is 4.98 Å². The summed E-state index contributed by atoms with van der Waals surface area (Å²) in [5.74, 6) is -4.13. The zero-order valence-corrected chi connectivity index (χ0v) is 15.8. The molecule has 1 aromatic carbocycles. The van der Waals surface area contributed by atoms with Crippen molar-refractivity contribution in [3.05, 3.63) is 40.0 Å². The van der Waals surface area contributed by atoms with Gasteiger partial charge >= 0.3 is 0 Å². The molecule has 1 aromatic heterocycles. The first kappa shape index (κ1) is 19.5. The third-order valence-corrected chi connectivity index (χ3v) is 4.82. The van der Waals surface area contributed by atoms with E-state index in [0.29, 0.717) is 12.1 Å². The van der Waals surface area contributed by atoms with E-state index in [1.807, 2.05) is 0 Å². The molecule has 0 unspecified atom stereocenters. The molecule has 0 atom stereocenters. The first-order valence-corrected chi connectivity index (χ1v) is 8.87. The summed E-state index contributed by atoms with van der Waals surface area (Å²) in [6, 6.07) is 3.20. The molecule has 1 aliphatic heterocycles. The van der Waals surface area contributed by atoms with Crippen LogP contribution in [-0.4, -0.2) is 35.4 Å². The lowest BCUT2D eigenvalue weighted by atomic mass is 10.1. The Bertz CT molecular complexity index is 870. The van der Waals surface area contributed by atoms with E-state index in [2.05, 4.69) is 25.9 Å². The molecule has 1 aliphatic rings. The van der Waals surface area contributed by atoms with Crippen LogP contribution < -0.4 is 9.80 Å². The number of alkyl halides is 2. The van der Waals surface area contributed by atoms with E-state index >= 15 is 0 Å². The Morgan fingerprint density at radius 3 is 2.44 bits per heavy atom. The molecule has 0 radical (unpaired) electrons. The van der Waals surface area contributed by atoms with Gasteiger partial charge in [0.1, 0.15) is 17.5 Å². The molecule has 0 N–H and O–H groups in total. The molecule has 2 heterocycles. The predicted molar refractivity (Wildman–Crippen MR) is 95.4 cm³/mol. The Balaban J connectivity index is 1.97. The topological polar surface area (TPSA) is 49.3 Å². The van der Waals surface area contributed by atoms with Gasteiger partial charge in [-0.15, -0.1) is 0 Å². The number of carbonyl (C=O) groups is 1. The molecule has 0 spiro atoms. The molecule has 1 fully saturated rings. The van der Waals surface area contributed by atoms with Gasteiger partial charge in [0.2, 0.25) is 12.4 Å². The number of aromatic nitrogens is 2. The van der Waals surface area contributed by atoms with Crippen molar-refractivity contribution >= 4 is 39.8 Å². The van der Waals surface area contributed by atoms with Crippen LogP contribution in [0, 0.1) is 18.6 Å². The van der Waals surface area contributed by atoms with Crippen LogP contribution in [0.4, 0.5) is 35.0 Å². The third kappa shape index (κ3) is 4.20. The number of benzene rings is 1. The Labute approximate surface area is 161 Å². The highest BCUT2D eigenvalue weighted by atomic mass is 79.9. The van der Waals surface area contributed by atoms with E-state index in [1.165, 1.54) is 6.07 Å². The minimum absolute atomic E-state index is 0.0189. The normalized spacial score (nSPS) is 16.3. The lowest BCUT2D eigenvalue weighted by Gasteiger charge is -2.32. The zero-order chi connectivity index (χ0) is 19.8. The fraction of sp³-hybridized carbons (Fsp3) is 0.353. The van der Waals surface area contributed by atoms with E-state index in [4.69, 9.17) is 0 Å². The third-order valence-electron chi connectivity index (χ3n) is 4.21. The molecule has 5 nitrogen and oxygen atoms in total. The van der Waals surface area contributed by atoms with Crippen LogP contribution in [0.3, 0.4) is 0 Å². The number of halogens is 5. The molecule has 2 aromatic rings. The van der Waals surface area contributed by atoms with E-state index in [9.17, 15) is 22.4 Å². The van der Waals surface area contributed by atoms with E-state index in [-0.39, 0.29) is 47.9 Å². The molecule has 0 saturated carbocycles. The van der Waals surface area contributed by atoms with Gasteiger partial charge in [0, 0.05) is 43.8 Å². The second-order valence-corrected chi connectivity index (χ2v) is 7.06. The molecular formula is C17H15BrF4N4O. The highest BCUT2D eigenvalue weighted by Crippen LogP contribution is 2.32. The van der Waals surface area contributed by atoms with Crippen molar-refractivity contribution in [3.63, 3.8) is 0 Å².